The molecule has 2 aromatic carbocycles. The molecule has 0 saturated heterocycles. The lowest BCUT2D eigenvalue weighted by Gasteiger charge is -2.13. The van der Waals surface area contributed by atoms with Crippen molar-refractivity contribution in [3.8, 4) is 11.5 Å². The van der Waals surface area contributed by atoms with Crippen molar-refractivity contribution in [3.05, 3.63) is 83.4 Å². The van der Waals surface area contributed by atoms with Gasteiger partial charge in [0.25, 0.3) is 0 Å². The Hall–Kier alpha value is -2.43. The van der Waals surface area contributed by atoms with Gasteiger partial charge in [0.2, 0.25) is 0 Å². The van der Waals surface area contributed by atoms with E-state index in [1.165, 1.54) is 6.33 Å². The lowest BCUT2D eigenvalue weighted by Crippen LogP contribution is -2.13. The van der Waals surface area contributed by atoms with Gasteiger partial charge in [0, 0.05) is 11.8 Å². The zero-order valence-electron chi connectivity index (χ0n) is 11.7. The molecule has 3 rings (SSSR count). The number of halogens is 1. The topological polar surface area (TPSA) is 61.0 Å². The number of para-hydroxylation sites is 1. The minimum Gasteiger partial charge on any atom is -0.457 e. The Balaban J connectivity index is 1.78. The number of hydrogen-bond donors (Lipinski definition) is 1. The largest absolute Gasteiger partial charge is 0.457 e. The van der Waals surface area contributed by atoms with E-state index in [2.05, 4.69) is 9.97 Å². The molecule has 110 valence electrons. The van der Waals surface area contributed by atoms with Crippen molar-refractivity contribution in [3.63, 3.8) is 0 Å². The molecule has 1 unspecified atom stereocenters. The molecule has 2 N–H and O–H groups in total. The van der Waals surface area contributed by atoms with Gasteiger partial charge in [-0.15, -0.1) is 0 Å². The van der Waals surface area contributed by atoms with Crippen LogP contribution in [0.2, 0.25) is 5.15 Å². The second-order valence-electron chi connectivity index (χ2n) is 4.73. The first-order valence-corrected chi connectivity index (χ1v) is 7.15. The van der Waals surface area contributed by atoms with E-state index in [-0.39, 0.29) is 6.04 Å². The van der Waals surface area contributed by atoms with Gasteiger partial charge in [-0.1, -0.05) is 41.9 Å². The normalized spacial score (nSPS) is 11.9. The predicted molar refractivity (Wildman–Crippen MR) is 86.0 cm³/mol. The summed E-state index contributed by atoms with van der Waals surface area (Å²) in [5.41, 5.74) is 7.82. The molecule has 0 amide bonds. The van der Waals surface area contributed by atoms with E-state index in [1.54, 1.807) is 6.20 Å². The molecule has 1 atom stereocenters. The number of nitrogens with zero attached hydrogens (tertiary/aromatic N) is 2. The van der Waals surface area contributed by atoms with Gasteiger partial charge >= 0.3 is 0 Å². The maximum Gasteiger partial charge on any atom is 0.137 e. The molecule has 0 bridgehead atoms. The number of benzene rings is 2. The van der Waals surface area contributed by atoms with Gasteiger partial charge in [0.15, 0.2) is 0 Å². The first kappa shape index (κ1) is 14.5. The van der Waals surface area contributed by atoms with Crippen LogP contribution in [0.15, 0.2) is 67.1 Å². The van der Waals surface area contributed by atoms with E-state index >= 15 is 0 Å². The maximum atomic E-state index is 6.21. The SMILES string of the molecule is NC(c1ccc(Oc2ccccc2)cc1)c1cncnc1Cl. The Morgan fingerprint density at radius 3 is 2.32 bits per heavy atom. The maximum absolute atomic E-state index is 6.21. The minimum absolute atomic E-state index is 0.368. The first-order valence-electron chi connectivity index (χ1n) is 6.78. The highest BCUT2D eigenvalue weighted by atomic mass is 35.5. The summed E-state index contributed by atoms with van der Waals surface area (Å²) >= 11 is 6.05. The predicted octanol–water partition coefficient (Wildman–Crippen LogP) is 3.97. The van der Waals surface area contributed by atoms with Gasteiger partial charge in [-0.25, -0.2) is 9.97 Å². The van der Waals surface area contributed by atoms with Crippen LogP contribution in [0.3, 0.4) is 0 Å². The Kier molecular flexibility index (Phi) is 4.32. The minimum atomic E-state index is -0.375. The molecule has 0 aliphatic rings. The van der Waals surface area contributed by atoms with Crippen LogP contribution >= 0.6 is 11.6 Å². The molecule has 5 heteroatoms. The highest BCUT2D eigenvalue weighted by molar-refractivity contribution is 6.30. The highest BCUT2D eigenvalue weighted by Crippen LogP contribution is 2.27. The van der Waals surface area contributed by atoms with Gasteiger partial charge in [-0.2, -0.15) is 0 Å². The molecule has 22 heavy (non-hydrogen) atoms. The fourth-order valence-electron chi connectivity index (χ4n) is 2.08. The van der Waals surface area contributed by atoms with Crippen molar-refractivity contribution in [1.82, 2.24) is 9.97 Å². The summed E-state index contributed by atoms with van der Waals surface area (Å²) in [4.78, 5) is 7.91. The molecule has 0 radical (unpaired) electrons. The van der Waals surface area contributed by atoms with Crippen LogP contribution in [-0.4, -0.2) is 9.97 Å². The molecule has 4 nitrogen and oxygen atoms in total. The molecule has 0 spiro atoms. The number of ether oxygens (including phenoxy) is 1. The van der Waals surface area contributed by atoms with Crippen molar-refractivity contribution in [2.75, 3.05) is 0 Å². The van der Waals surface area contributed by atoms with Crippen LogP contribution < -0.4 is 10.5 Å². The molecule has 0 fully saturated rings. The third-order valence-corrected chi connectivity index (χ3v) is 3.56. The van der Waals surface area contributed by atoms with E-state index in [9.17, 15) is 0 Å². The van der Waals surface area contributed by atoms with Crippen LogP contribution in [-0.2, 0) is 0 Å². The summed E-state index contributed by atoms with van der Waals surface area (Å²) in [6.45, 7) is 0. The van der Waals surface area contributed by atoms with E-state index in [0.29, 0.717) is 10.7 Å². The quantitative estimate of drug-likeness (QED) is 0.741. The molecule has 0 aliphatic carbocycles. The van der Waals surface area contributed by atoms with Crippen LogP contribution in [0.5, 0.6) is 11.5 Å². The van der Waals surface area contributed by atoms with Crippen molar-refractivity contribution < 1.29 is 4.74 Å². The van der Waals surface area contributed by atoms with Gasteiger partial charge < -0.3 is 10.5 Å². The van der Waals surface area contributed by atoms with Crippen molar-refractivity contribution in [2.24, 2.45) is 5.73 Å². The Morgan fingerprint density at radius 1 is 0.955 bits per heavy atom. The van der Waals surface area contributed by atoms with E-state index in [4.69, 9.17) is 22.1 Å². The fourth-order valence-corrected chi connectivity index (χ4v) is 2.29. The van der Waals surface area contributed by atoms with E-state index < -0.39 is 0 Å². The fraction of sp³-hybridized carbons (Fsp3) is 0.0588. The van der Waals surface area contributed by atoms with Gasteiger partial charge in [-0.3, -0.25) is 0 Å². The molecule has 1 aromatic heterocycles. The number of rotatable bonds is 4. The van der Waals surface area contributed by atoms with Gasteiger partial charge in [0.1, 0.15) is 23.0 Å². The third kappa shape index (κ3) is 3.24. The smallest absolute Gasteiger partial charge is 0.137 e. The van der Waals surface area contributed by atoms with Crippen LogP contribution in [0.25, 0.3) is 0 Å². The lowest BCUT2D eigenvalue weighted by atomic mass is 10.0. The summed E-state index contributed by atoms with van der Waals surface area (Å²) in [5.74, 6) is 1.54. The number of nitrogens with two attached hydrogens (primary N) is 1. The van der Waals surface area contributed by atoms with Crippen molar-refractivity contribution >= 4 is 11.6 Å². The Labute approximate surface area is 133 Å². The standard InChI is InChI=1S/C17H14ClN3O/c18-17-15(10-20-11-21-17)16(19)12-6-8-14(9-7-12)22-13-4-2-1-3-5-13/h1-11,16H,19H2. The van der Waals surface area contributed by atoms with Crippen LogP contribution in [0, 0.1) is 0 Å². The Bertz CT molecular complexity index is 747. The van der Waals surface area contributed by atoms with Gasteiger partial charge in [-0.05, 0) is 29.8 Å². The molecule has 0 saturated carbocycles. The second kappa shape index (κ2) is 6.56. The third-order valence-electron chi connectivity index (χ3n) is 3.24. The van der Waals surface area contributed by atoms with Crippen LogP contribution in [0.4, 0.5) is 0 Å². The second-order valence-corrected chi connectivity index (χ2v) is 5.09. The average Bonchev–Trinajstić information content (AvgIpc) is 2.56. The average molecular weight is 312 g/mol. The first-order chi connectivity index (χ1) is 10.7. The molecule has 0 aliphatic heterocycles. The summed E-state index contributed by atoms with van der Waals surface area (Å²) in [6.07, 6.45) is 3.03. The zero-order valence-corrected chi connectivity index (χ0v) is 12.4. The summed E-state index contributed by atoms with van der Waals surface area (Å²) in [7, 11) is 0. The van der Waals surface area contributed by atoms with Crippen molar-refractivity contribution in [2.45, 2.75) is 6.04 Å². The lowest BCUT2D eigenvalue weighted by molar-refractivity contribution is 0.482. The Morgan fingerprint density at radius 2 is 1.64 bits per heavy atom. The zero-order chi connectivity index (χ0) is 15.4. The van der Waals surface area contributed by atoms with E-state index in [0.717, 1.165) is 17.1 Å². The summed E-state index contributed by atoms with van der Waals surface area (Å²) in [6, 6.07) is 16.8. The van der Waals surface area contributed by atoms with Gasteiger partial charge in [0.05, 0.1) is 6.04 Å². The van der Waals surface area contributed by atoms with Crippen molar-refractivity contribution in [1.29, 1.82) is 0 Å². The number of aromatic nitrogens is 2. The number of hydrogen-bond acceptors (Lipinski definition) is 4. The summed E-state index contributed by atoms with van der Waals surface area (Å²) < 4.78 is 5.75. The van der Waals surface area contributed by atoms with Crippen LogP contribution in [0.1, 0.15) is 17.2 Å². The summed E-state index contributed by atoms with van der Waals surface area (Å²) in [5, 5.41) is 0.368. The molecule has 3 aromatic rings. The highest BCUT2D eigenvalue weighted by Gasteiger charge is 2.13. The molecule has 1 heterocycles. The van der Waals surface area contributed by atoms with E-state index in [1.807, 2.05) is 54.6 Å². The monoisotopic (exact) mass is 311 g/mol. The molecular formula is C17H14ClN3O. The molecular weight excluding hydrogens is 298 g/mol.